The van der Waals surface area contributed by atoms with Crippen molar-refractivity contribution in [2.24, 2.45) is 0 Å². The van der Waals surface area contributed by atoms with Crippen LogP contribution < -0.4 is 4.74 Å². The van der Waals surface area contributed by atoms with Gasteiger partial charge in [0, 0.05) is 12.3 Å². The van der Waals surface area contributed by atoms with E-state index in [9.17, 15) is 13.2 Å². The first-order valence-corrected chi connectivity index (χ1v) is 10.2. The molecule has 0 fully saturated rings. The van der Waals surface area contributed by atoms with Gasteiger partial charge < -0.3 is 9.30 Å². The van der Waals surface area contributed by atoms with Crippen LogP contribution in [0.15, 0.2) is 34.8 Å². The van der Waals surface area contributed by atoms with Gasteiger partial charge >= 0.3 is 6.36 Å². The molecule has 0 spiro atoms. The van der Waals surface area contributed by atoms with Gasteiger partial charge in [0.1, 0.15) is 5.75 Å². The van der Waals surface area contributed by atoms with Crippen LogP contribution >= 0.6 is 34.7 Å². The van der Waals surface area contributed by atoms with Crippen LogP contribution in [0.3, 0.4) is 0 Å². The van der Waals surface area contributed by atoms with Crippen molar-refractivity contribution in [3.63, 3.8) is 0 Å². The van der Waals surface area contributed by atoms with Gasteiger partial charge in [0.15, 0.2) is 11.0 Å². The Morgan fingerprint density at radius 2 is 2.07 bits per heavy atom. The summed E-state index contributed by atoms with van der Waals surface area (Å²) in [4.78, 5) is 0.857. The molecule has 0 saturated heterocycles. The lowest BCUT2D eigenvalue weighted by molar-refractivity contribution is -0.274. The highest BCUT2D eigenvalue weighted by molar-refractivity contribution is 7.98. The molecule has 0 amide bonds. The second-order valence-corrected chi connectivity index (χ2v) is 7.80. The molecule has 0 bridgehead atoms. The van der Waals surface area contributed by atoms with E-state index in [1.165, 1.54) is 41.3 Å². The average Bonchev–Trinajstić information content (AvgIpc) is 3.15. The van der Waals surface area contributed by atoms with Gasteiger partial charge in [-0.25, -0.2) is 0 Å². The maximum Gasteiger partial charge on any atom is 0.573 e. The van der Waals surface area contributed by atoms with Crippen LogP contribution in [0, 0.1) is 6.92 Å². The number of hydrogen-bond acceptors (Lipinski definition) is 5. The lowest BCUT2D eigenvalue weighted by Gasteiger charge is -2.10. The summed E-state index contributed by atoms with van der Waals surface area (Å²) in [7, 11) is 0. The number of thiophene rings is 1. The van der Waals surface area contributed by atoms with Crippen LogP contribution in [0.1, 0.15) is 18.1 Å². The van der Waals surface area contributed by atoms with Crippen molar-refractivity contribution in [3.8, 4) is 16.5 Å². The van der Waals surface area contributed by atoms with E-state index in [1.807, 2.05) is 23.8 Å². The van der Waals surface area contributed by atoms with Gasteiger partial charge in [0.2, 0.25) is 0 Å². The lowest BCUT2D eigenvalue weighted by Crippen LogP contribution is -2.17. The first-order valence-electron chi connectivity index (χ1n) is 7.93. The fraction of sp³-hybridized carbons (Fsp3) is 0.294. The molecule has 3 rings (SSSR count). The molecule has 0 aliphatic rings. The third kappa shape index (κ3) is 4.77. The van der Waals surface area contributed by atoms with Crippen LogP contribution in [-0.4, -0.2) is 21.1 Å². The van der Waals surface area contributed by atoms with Crippen molar-refractivity contribution in [1.29, 1.82) is 0 Å². The van der Waals surface area contributed by atoms with Gasteiger partial charge in [-0.2, -0.15) is 0 Å². The summed E-state index contributed by atoms with van der Waals surface area (Å²) in [5.74, 6) is 0.890. The number of benzene rings is 1. The Morgan fingerprint density at radius 1 is 1.30 bits per heavy atom. The minimum Gasteiger partial charge on any atom is -0.406 e. The zero-order valence-corrected chi connectivity index (χ0v) is 16.8. The Bertz CT molecular complexity index is 940. The van der Waals surface area contributed by atoms with Gasteiger partial charge in [0.05, 0.1) is 9.90 Å². The Kier molecular flexibility index (Phi) is 6.02. The monoisotopic (exact) mass is 433 g/mol. The number of nitrogens with zero attached hydrogens (tertiary/aromatic N) is 3. The average molecular weight is 434 g/mol. The highest BCUT2D eigenvalue weighted by Crippen LogP contribution is 2.37. The van der Waals surface area contributed by atoms with Crippen molar-refractivity contribution in [1.82, 2.24) is 14.8 Å². The van der Waals surface area contributed by atoms with Crippen LogP contribution in [0.25, 0.3) is 10.7 Å². The molecule has 0 N–H and O–H groups in total. The predicted octanol–water partition coefficient (Wildman–Crippen LogP) is 6.18. The molecule has 10 heteroatoms. The maximum absolute atomic E-state index is 12.4. The van der Waals surface area contributed by atoms with Gasteiger partial charge in [-0.05, 0) is 42.5 Å². The molecule has 0 aliphatic carbocycles. The molecule has 0 saturated carbocycles. The normalized spacial score (nSPS) is 11.8. The Morgan fingerprint density at radius 3 is 2.70 bits per heavy atom. The zero-order chi connectivity index (χ0) is 19.6. The van der Waals surface area contributed by atoms with Gasteiger partial charge in [-0.15, -0.1) is 34.7 Å². The molecule has 4 nitrogen and oxygen atoms in total. The molecule has 0 atom stereocenters. The van der Waals surface area contributed by atoms with E-state index in [0.29, 0.717) is 33.9 Å². The second-order valence-electron chi connectivity index (χ2n) is 5.60. The van der Waals surface area contributed by atoms with E-state index in [4.69, 9.17) is 11.6 Å². The topological polar surface area (TPSA) is 39.9 Å². The first-order chi connectivity index (χ1) is 12.8. The van der Waals surface area contributed by atoms with Crippen LogP contribution in [0.2, 0.25) is 5.02 Å². The lowest BCUT2D eigenvalue weighted by atomic mass is 10.2. The summed E-state index contributed by atoms with van der Waals surface area (Å²) in [5.41, 5.74) is 1.68. The Balaban J connectivity index is 1.77. The summed E-state index contributed by atoms with van der Waals surface area (Å²) in [6.07, 6.45) is -4.71. The molecule has 27 heavy (non-hydrogen) atoms. The second kappa shape index (κ2) is 8.12. The van der Waals surface area contributed by atoms with E-state index in [0.717, 1.165) is 10.4 Å². The SMILES string of the molecule is CCn1c(SCc2cccc(OC(F)(F)F)c2)nnc1-c1scc(C)c1Cl. The minimum atomic E-state index is -4.71. The third-order valence-electron chi connectivity index (χ3n) is 3.64. The van der Waals surface area contributed by atoms with Crippen LogP contribution in [0.5, 0.6) is 5.75 Å². The Labute approximate surface area is 167 Å². The first kappa shape index (κ1) is 20.0. The minimum absolute atomic E-state index is 0.237. The van der Waals surface area contributed by atoms with E-state index in [2.05, 4.69) is 14.9 Å². The summed E-state index contributed by atoms with van der Waals surface area (Å²) < 4.78 is 43.0. The number of rotatable bonds is 6. The summed E-state index contributed by atoms with van der Waals surface area (Å²) in [5, 5.41) is 11.8. The number of halogens is 4. The summed E-state index contributed by atoms with van der Waals surface area (Å²) in [6.45, 7) is 4.55. The molecule has 2 heterocycles. The highest BCUT2D eigenvalue weighted by Gasteiger charge is 2.31. The summed E-state index contributed by atoms with van der Waals surface area (Å²) in [6, 6.07) is 5.91. The number of aryl methyl sites for hydroxylation is 1. The van der Waals surface area contributed by atoms with Crippen molar-refractivity contribution in [3.05, 3.63) is 45.8 Å². The summed E-state index contributed by atoms with van der Waals surface area (Å²) >= 11 is 9.24. The fourth-order valence-electron chi connectivity index (χ4n) is 2.41. The molecule has 144 valence electrons. The smallest absolute Gasteiger partial charge is 0.406 e. The molecule has 3 aromatic rings. The van der Waals surface area contributed by atoms with E-state index in [1.54, 1.807) is 6.07 Å². The largest absolute Gasteiger partial charge is 0.573 e. The van der Waals surface area contributed by atoms with E-state index >= 15 is 0 Å². The number of alkyl halides is 3. The zero-order valence-electron chi connectivity index (χ0n) is 14.4. The van der Waals surface area contributed by atoms with Gasteiger partial charge in [0.25, 0.3) is 0 Å². The van der Waals surface area contributed by atoms with E-state index < -0.39 is 6.36 Å². The Hall–Kier alpha value is -1.71. The predicted molar refractivity (Wildman–Crippen MR) is 101 cm³/mol. The number of thioether (sulfide) groups is 1. The van der Waals surface area contributed by atoms with Crippen molar-refractivity contribution in [2.45, 2.75) is 37.7 Å². The standard InChI is InChI=1S/C17H15ClF3N3OS2/c1-3-24-15(14-13(18)10(2)8-26-14)22-23-16(24)27-9-11-5-4-6-12(7-11)25-17(19,20)21/h4-8H,3,9H2,1-2H3. The molecular formula is C17H15ClF3N3OS2. The molecule has 0 aliphatic heterocycles. The highest BCUT2D eigenvalue weighted by atomic mass is 35.5. The molecular weight excluding hydrogens is 419 g/mol. The quantitative estimate of drug-likeness (QED) is 0.435. The molecule has 0 unspecified atom stereocenters. The third-order valence-corrected chi connectivity index (χ3v) is 6.37. The van der Waals surface area contributed by atoms with Crippen molar-refractivity contribution in [2.75, 3.05) is 0 Å². The van der Waals surface area contributed by atoms with Gasteiger partial charge in [-0.1, -0.05) is 35.5 Å². The number of ether oxygens (including phenoxy) is 1. The van der Waals surface area contributed by atoms with Crippen molar-refractivity contribution < 1.29 is 17.9 Å². The fourth-order valence-corrected chi connectivity index (χ4v) is 4.63. The van der Waals surface area contributed by atoms with Crippen LogP contribution in [0.4, 0.5) is 13.2 Å². The van der Waals surface area contributed by atoms with Gasteiger partial charge in [-0.3, -0.25) is 0 Å². The molecule has 0 radical (unpaired) electrons. The maximum atomic E-state index is 12.4. The van der Waals surface area contributed by atoms with E-state index in [-0.39, 0.29) is 5.75 Å². The number of aromatic nitrogens is 3. The number of hydrogen-bond donors (Lipinski definition) is 0. The molecule has 1 aromatic carbocycles. The van der Waals surface area contributed by atoms with Crippen molar-refractivity contribution >= 4 is 34.7 Å². The molecule has 2 aromatic heterocycles. The van der Waals surface area contributed by atoms with Crippen LogP contribution in [-0.2, 0) is 12.3 Å².